The zero-order valence-corrected chi connectivity index (χ0v) is 10.3. The second-order valence-corrected chi connectivity index (χ2v) is 4.54. The molecule has 0 saturated carbocycles. The lowest BCUT2D eigenvalue weighted by Gasteiger charge is -2.27. The highest BCUT2D eigenvalue weighted by Crippen LogP contribution is 2.27. The number of aromatic nitrogens is 2. The summed E-state index contributed by atoms with van der Waals surface area (Å²) in [5.41, 5.74) is 5.84. The molecule has 0 aliphatic carbocycles. The molecule has 1 aromatic rings. The Hall–Kier alpha value is -1.65. The minimum Gasteiger partial charge on any atom is -0.382 e. The number of nitrogen functional groups attached to an aromatic ring is 1. The Morgan fingerprint density at radius 3 is 2.82 bits per heavy atom. The van der Waals surface area contributed by atoms with Crippen LogP contribution in [0.2, 0.25) is 0 Å². The number of anilines is 1. The summed E-state index contributed by atoms with van der Waals surface area (Å²) >= 11 is 0. The van der Waals surface area contributed by atoms with E-state index in [1.165, 1.54) is 0 Å². The molecular weight excluding hydrogens is 216 g/mol. The lowest BCUT2D eigenvalue weighted by molar-refractivity contribution is 0.0669. The summed E-state index contributed by atoms with van der Waals surface area (Å²) in [4.78, 5) is 14.3. The Labute approximate surface area is 101 Å². The van der Waals surface area contributed by atoms with Crippen LogP contribution in [0.5, 0.6) is 0 Å². The fraction of sp³-hybridized carbons (Fsp3) is 0.583. The zero-order valence-electron chi connectivity index (χ0n) is 10.3. The first-order chi connectivity index (χ1) is 8.13. The molecule has 1 amide bonds. The Kier molecular flexibility index (Phi) is 3.26. The van der Waals surface area contributed by atoms with Crippen molar-refractivity contribution < 1.29 is 4.79 Å². The Morgan fingerprint density at radius 1 is 1.47 bits per heavy atom. The largest absolute Gasteiger partial charge is 0.382 e. The van der Waals surface area contributed by atoms with Crippen LogP contribution in [0.1, 0.15) is 43.6 Å². The van der Waals surface area contributed by atoms with Gasteiger partial charge in [-0.05, 0) is 38.3 Å². The summed E-state index contributed by atoms with van der Waals surface area (Å²) in [5.74, 6) is 0.303. The number of likely N-dealkylation sites (tertiary alicyclic amines) is 1. The van der Waals surface area contributed by atoms with Crippen LogP contribution < -0.4 is 5.73 Å². The van der Waals surface area contributed by atoms with Gasteiger partial charge in [0.1, 0.15) is 5.82 Å². The molecule has 2 rings (SSSR count). The number of nitrogens with two attached hydrogens (primary N) is 1. The maximum atomic E-state index is 12.3. The van der Waals surface area contributed by atoms with Gasteiger partial charge in [-0.2, -0.15) is 0 Å². The number of rotatable bonds is 2. The summed E-state index contributed by atoms with van der Waals surface area (Å²) < 4.78 is 0. The van der Waals surface area contributed by atoms with E-state index in [9.17, 15) is 4.79 Å². The van der Waals surface area contributed by atoms with Crippen LogP contribution in [-0.2, 0) is 0 Å². The number of nitrogens with zero attached hydrogens (tertiary/aromatic N) is 3. The normalized spacial score (nSPS) is 24.0. The average molecular weight is 234 g/mol. The van der Waals surface area contributed by atoms with Crippen LogP contribution >= 0.6 is 0 Å². The van der Waals surface area contributed by atoms with E-state index in [1.54, 1.807) is 12.1 Å². The predicted molar refractivity (Wildman–Crippen MR) is 65.4 cm³/mol. The molecule has 2 heterocycles. The minimum atomic E-state index is -0.0330. The molecule has 92 valence electrons. The van der Waals surface area contributed by atoms with Crippen LogP contribution in [0, 0.1) is 0 Å². The van der Waals surface area contributed by atoms with Crippen LogP contribution in [0.3, 0.4) is 0 Å². The topological polar surface area (TPSA) is 72.1 Å². The van der Waals surface area contributed by atoms with Crippen molar-refractivity contribution in [1.82, 2.24) is 15.1 Å². The van der Waals surface area contributed by atoms with E-state index < -0.39 is 0 Å². The molecule has 1 aromatic heterocycles. The van der Waals surface area contributed by atoms with Gasteiger partial charge in [0.25, 0.3) is 5.91 Å². The van der Waals surface area contributed by atoms with Gasteiger partial charge in [-0.15, -0.1) is 10.2 Å². The Balaban J connectivity index is 2.21. The van der Waals surface area contributed by atoms with Crippen LogP contribution in [-0.4, -0.2) is 33.1 Å². The van der Waals surface area contributed by atoms with Gasteiger partial charge >= 0.3 is 0 Å². The van der Waals surface area contributed by atoms with Gasteiger partial charge in [-0.1, -0.05) is 6.92 Å². The second-order valence-electron chi connectivity index (χ2n) is 4.54. The second kappa shape index (κ2) is 4.69. The molecule has 0 bridgehead atoms. The standard InChI is InChI=1S/C12H18N4O/c1-3-9-5-4-8(2)16(9)12(17)10-6-7-11(13)15-14-10/h6-9H,3-5H2,1-2H3,(H2,13,15). The third-order valence-electron chi connectivity index (χ3n) is 3.40. The van der Waals surface area contributed by atoms with Crippen LogP contribution in [0.25, 0.3) is 0 Å². The van der Waals surface area contributed by atoms with Crippen molar-refractivity contribution in [3.63, 3.8) is 0 Å². The third-order valence-corrected chi connectivity index (χ3v) is 3.40. The summed E-state index contributed by atoms with van der Waals surface area (Å²) in [7, 11) is 0. The van der Waals surface area contributed by atoms with E-state index in [-0.39, 0.29) is 11.9 Å². The molecule has 0 aromatic carbocycles. The molecule has 5 nitrogen and oxygen atoms in total. The summed E-state index contributed by atoms with van der Waals surface area (Å²) in [5, 5.41) is 7.59. The van der Waals surface area contributed by atoms with Crippen molar-refractivity contribution in [2.45, 2.75) is 45.2 Å². The molecule has 2 unspecified atom stereocenters. The number of hydrogen-bond donors (Lipinski definition) is 1. The van der Waals surface area contributed by atoms with E-state index in [2.05, 4.69) is 24.0 Å². The Morgan fingerprint density at radius 2 is 2.24 bits per heavy atom. The molecule has 1 saturated heterocycles. The van der Waals surface area contributed by atoms with Crippen LogP contribution in [0.4, 0.5) is 5.82 Å². The highest BCUT2D eigenvalue weighted by Gasteiger charge is 2.34. The third kappa shape index (κ3) is 2.23. The van der Waals surface area contributed by atoms with E-state index in [0.29, 0.717) is 17.6 Å². The van der Waals surface area contributed by atoms with Crippen LogP contribution in [0.15, 0.2) is 12.1 Å². The van der Waals surface area contributed by atoms with Gasteiger partial charge in [-0.3, -0.25) is 4.79 Å². The van der Waals surface area contributed by atoms with Gasteiger partial charge in [0.15, 0.2) is 5.69 Å². The first-order valence-corrected chi connectivity index (χ1v) is 6.05. The lowest BCUT2D eigenvalue weighted by atomic mass is 10.1. The quantitative estimate of drug-likeness (QED) is 0.841. The minimum absolute atomic E-state index is 0.0330. The molecule has 2 N–H and O–H groups in total. The van der Waals surface area contributed by atoms with E-state index in [0.717, 1.165) is 19.3 Å². The number of carbonyl (C=O) groups is 1. The molecule has 17 heavy (non-hydrogen) atoms. The van der Waals surface area contributed by atoms with Crippen molar-refractivity contribution in [2.75, 3.05) is 5.73 Å². The van der Waals surface area contributed by atoms with E-state index in [4.69, 9.17) is 5.73 Å². The van der Waals surface area contributed by atoms with Crippen molar-refractivity contribution in [3.8, 4) is 0 Å². The zero-order chi connectivity index (χ0) is 12.4. The van der Waals surface area contributed by atoms with Gasteiger partial charge in [0.2, 0.25) is 0 Å². The molecule has 1 aliphatic heterocycles. The van der Waals surface area contributed by atoms with Crippen molar-refractivity contribution in [2.24, 2.45) is 0 Å². The van der Waals surface area contributed by atoms with Gasteiger partial charge < -0.3 is 10.6 Å². The fourth-order valence-electron chi connectivity index (χ4n) is 2.43. The highest BCUT2D eigenvalue weighted by molar-refractivity contribution is 5.92. The van der Waals surface area contributed by atoms with E-state index in [1.807, 2.05) is 4.90 Å². The summed E-state index contributed by atoms with van der Waals surface area (Å²) in [6.45, 7) is 4.19. The molecule has 0 radical (unpaired) electrons. The molecule has 5 heteroatoms. The fourth-order valence-corrected chi connectivity index (χ4v) is 2.43. The number of amides is 1. The van der Waals surface area contributed by atoms with Gasteiger partial charge in [0, 0.05) is 12.1 Å². The monoisotopic (exact) mass is 234 g/mol. The summed E-state index contributed by atoms with van der Waals surface area (Å²) in [6, 6.07) is 3.87. The highest BCUT2D eigenvalue weighted by atomic mass is 16.2. The molecule has 1 aliphatic rings. The Bertz CT molecular complexity index is 403. The van der Waals surface area contributed by atoms with Crippen molar-refractivity contribution in [1.29, 1.82) is 0 Å². The molecule has 0 spiro atoms. The maximum Gasteiger partial charge on any atom is 0.274 e. The van der Waals surface area contributed by atoms with E-state index >= 15 is 0 Å². The first-order valence-electron chi connectivity index (χ1n) is 6.05. The number of hydrogen-bond acceptors (Lipinski definition) is 4. The average Bonchev–Trinajstić information content (AvgIpc) is 2.70. The molecular formula is C12H18N4O. The molecule has 2 atom stereocenters. The predicted octanol–water partition coefficient (Wildman–Crippen LogP) is 1.46. The SMILES string of the molecule is CCC1CCC(C)N1C(=O)c1ccc(N)nn1. The van der Waals surface area contributed by atoms with Crippen molar-refractivity contribution >= 4 is 11.7 Å². The number of carbonyl (C=O) groups excluding carboxylic acids is 1. The smallest absolute Gasteiger partial charge is 0.274 e. The molecule has 1 fully saturated rings. The first kappa shape index (κ1) is 11.8. The van der Waals surface area contributed by atoms with Crippen molar-refractivity contribution in [3.05, 3.63) is 17.8 Å². The van der Waals surface area contributed by atoms with Gasteiger partial charge in [-0.25, -0.2) is 0 Å². The maximum absolute atomic E-state index is 12.3. The lowest BCUT2D eigenvalue weighted by Crippen LogP contribution is -2.40. The van der Waals surface area contributed by atoms with Gasteiger partial charge in [0.05, 0.1) is 0 Å². The summed E-state index contributed by atoms with van der Waals surface area (Å²) in [6.07, 6.45) is 3.12.